The highest BCUT2D eigenvalue weighted by Gasteiger charge is 2.32. The summed E-state index contributed by atoms with van der Waals surface area (Å²) >= 11 is 0. The standard InChI is InChI=1S/C12H14O4/c1-7-2-3-10-9(6-7)8(4-5-16-10)11(13)12(14)15/h2-3,6,8,11,13H,4-5H2,1H3,(H,14,15). The Morgan fingerprint density at radius 3 is 3.00 bits per heavy atom. The van der Waals surface area contributed by atoms with Crippen LogP contribution in [0.15, 0.2) is 18.2 Å². The average molecular weight is 222 g/mol. The van der Waals surface area contributed by atoms with Crippen LogP contribution < -0.4 is 4.74 Å². The molecule has 0 saturated heterocycles. The number of aliphatic hydroxyl groups is 1. The van der Waals surface area contributed by atoms with Crippen molar-refractivity contribution in [3.63, 3.8) is 0 Å². The minimum atomic E-state index is -1.36. The van der Waals surface area contributed by atoms with E-state index in [2.05, 4.69) is 0 Å². The number of carboxylic acids is 1. The molecular formula is C12H14O4. The Morgan fingerprint density at radius 1 is 1.56 bits per heavy atom. The Labute approximate surface area is 93.5 Å². The van der Waals surface area contributed by atoms with Crippen molar-refractivity contribution in [2.75, 3.05) is 6.61 Å². The van der Waals surface area contributed by atoms with Gasteiger partial charge in [-0.3, -0.25) is 0 Å². The van der Waals surface area contributed by atoms with Crippen molar-refractivity contribution >= 4 is 5.97 Å². The zero-order valence-corrected chi connectivity index (χ0v) is 9.01. The molecule has 16 heavy (non-hydrogen) atoms. The Bertz CT molecular complexity index is 413. The fraction of sp³-hybridized carbons (Fsp3) is 0.417. The number of ether oxygens (including phenoxy) is 1. The lowest BCUT2D eigenvalue weighted by Gasteiger charge is -2.27. The first kappa shape index (κ1) is 11.0. The van der Waals surface area contributed by atoms with Crippen LogP contribution in [0.25, 0.3) is 0 Å². The highest BCUT2D eigenvalue weighted by atomic mass is 16.5. The van der Waals surface area contributed by atoms with Crippen molar-refractivity contribution in [1.82, 2.24) is 0 Å². The van der Waals surface area contributed by atoms with Gasteiger partial charge in [-0.25, -0.2) is 4.79 Å². The third-order valence-corrected chi connectivity index (χ3v) is 2.89. The van der Waals surface area contributed by atoms with Gasteiger partial charge in [-0.05, 0) is 19.4 Å². The predicted molar refractivity (Wildman–Crippen MR) is 57.7 cm³/mol. The second-order valence-electron chi connectivity index (χ2n) is 4.07. The molecule has 0 aromatic heterocycles. The molecule has 0 bridgehead atoms. The lowest BCUT2D eigenvalue weighted by atomic mass is 9.87. The van der Waals surface area contributed by atoms with Crippen molar-refractivity contribution in [2.24, 2.45) is 0 Å². The largest absolute Gasteiger partial charge is 0.493 e. The molecule has 2 atom stereocenters. The van der Waals surface area contributed by atoms with Gasteiger partial charge in [0.2, 0.25) is 0 Å². The molecule has 0 fully saturated rings. The molecule has 2 N–H and O–H groups in total. The van der Waals surface area contributed by atoms with Gasteiger partial charge in [0.15, 0.2) is 6.10 Å². The highest BCUT2D eigenvalue weighted by Crippen LogP contribution is 2.36. The predicted octanol–water partition coefficient (Wildman–Crippen LogP) is 1.31. The molecule has 4 nitrogen and oxygen atoms in total. The van der Waals surface area contributed by atoms with Gasteiger partial charge >= 0.3 is 5.97 Å². The smallest absolute Gasteiger partial charge is 0.333 e. The first-order valence-electron chi connectivity index (χ1n) is 5.24. The number of aryl methyl sites for hydroxylation is 1. The molecule has 1 heterocycles. The van der Waals surface area contributed by atoms with Gasteiger partial charge in [-0.2, -0.15) is 0 Å². The lowest BCUT2D eigenvalue weighted by Crippen LogP contribution is -2.31. The first-order chi connectivity index (χ1) is 7.59. The van der Waals surface area contributed by atoms with Crippen LogP contribution in [0.2, 0.25) is 0 Å². The molecule has 0 saturated carbocycles. The molecule has 0 radical (unpaired) electrons. The summed E-state index contributed by atoms with van der Waals surface area (Å²) in [4.78, 5) is 10.8. The van der Waals surface area contributed by atoms with E-state index in [9.17, 15) is 9.90 Å². The van der Waals surface area contributed by atoms with E-state index in [1.807, 2.05) is 25.1 Å². The number of aliphatic hydroxyl groups excluding tert-OH is 1. The third kappa shape index (κ3) is 1.88. The van der Waals surface area contributed by atoms with Crippen molar-refractivity contribution in [3.8, 4) is 5.75 Å². The molecule has 1 aromatic carbocycles. The molecule has 4 heteroatoms. The van der Waals surface area contributed by atoms with Crippen LogP contribution in [0.5, 0.6) is 5.75 Å². The Hall–Kier alpha value is -1.55. The minimum absolute atomic E-state index is 0.374. The number of hydrogen-bond donors (Lipinski definition) is 2. The third-order valence-electron chi connectivity index (χ3n) is 2.89. The zero-order valence-electron chi connectivity index (χ0n) is 9.01. The van der Waals surface area contributed by atoms with Crippen LogP contribution >= 0.6 is 0 Å². The maximum absolute atomic E-state index is 10.8. The average Bonchev–Trinajstić information content (AvgIpc) is 2.27. The summed E-state index contributed by atoms with van der Waals surface area (Å²) in [5, 5.41) is 18.5. The number of carbonyl (C=O) groups is 1. The number of benzene rings is 1. The van der Waals surface area contributed by atoms with E-state index < -0.39 is 12.1 Å². The lowest BCUT2D eigenvalue weighted by molar-refractivity contribution is -0.148. The second-order valence-corrected chi connectivity index (χ2v) is 4.07. The number of carboxylic acid groups (broad SMARTS) is 1. The van der Waals surface area contributed by atoms with Crippen molar-refractivity contribution in [1.29, 1.82) is 0 Å². The summed E-state index contributed by atoms with van der Waals surface area (Å²) in [6.07, 6.45) is -0.825. The Morgan fingerprint density at radius 2 is 2.31 bits per heavy atom. The van der Waals surface area contributed by atoms with E-state index in [0.717, 1.165) is 11.1 Å². The van der Waals surface area contributed by atoms with Crippen LogP contribution in [-0.2, 0) is 4.79 Å². The summed E-state index contributed by atoms with van der Waals surface area (Å²) in [5.41, 5.74) is 1.83. The van der Waals surface area contributed by atoms with Gasteiger partial charge in [0.25, 0.3) is 0 Å². The van der Waals surface area contributed by atoms with Crippen molar-refractivity contribution < 1.29 is 19.7 Å². The summed E-state index contributed by atoms with van der Waals surface area (Å²) in [5.74, 6) is -0.873. The summed E-state index contributed by atoms with van der Waals surface area (Å²) < 4.78 is 5.43. The van der Waals surface area contributed by atoms with Crippen molar-refractivity contribution in [2.45, 2.75) is 25.4 Å². The molecule has 2 rings (SSSR count). The Kier molecular flexibility index (Phi) is 2.83. The quantitative estimate of drug-likeness (QED) is 0.791. The molecule has 0 aliphatic carbocycles. The second kappa shape index (κ2) is 4.14. The molecule has 2 unspecified atom stereocenters. The van der Waals surface area contributed by atoms with Gasteiger partial charge in [-0.1, -0.05) is 17.7 Å². The number of rotatable bonds is 2. The van der Waals surface area contributed by atoms with Crippen LogP contribution in [0.1, 0.15) is 23.5 Å². The van der Waals surface area contributed by atoms with Gasteiger partial charge in [0.1, 0.15) is 5.75 Å². The monoisotopic (exact) mass is 222 g/mol. The number of hydrogen-bond acceptors (Lipinski definition) is 3. The van der Waals surface area contributed by atoms with Gasteiger partial charge < -0.3 is 14.9 Å². The molecular weight excluding hydrogens is 208 g/mol. The molecule has 1 aliphatic rings. The first-order valence-corrected chi connectivity index (χ1v) is 5.24. The van der Waals surface area contributed by atoms with Crippen LogP contribution in [-0.4, -0.2) is 28.9 Å². The van der Waals surface area contributed by atoms with E-state index in [1.165, 1.54) is 0 Å². The maximum Gasteiger partial charge on any atom is 0.333 e. The van der Waals surface area contributed by atoms with E-state index in [1.54, 1.807) is 0 Å². The summed E-state index contributed by atoms with van der Waals surface area (Å²) in [6, 6.07) is 5.62. The summed E-state index contributed by atoms with van der Waals surface area (Å²) in [7, 11) is 0. The van der Waals surface area contributed by atoms with Gasteiger partial charge in [0, 0.05) is 11.5 Å². The topological polar surface area (TPSA) is 66.8 Å². The van der Waals surface area contributed by atoms with Gasteiger partial charge in [-0.15, -0.1) is 0 Å². The van der Waals surface area contributed by atoms with E-state index >= 15 is 0 Å². The molecule has 1 aliphatic heterocycles. The molecule has 0 amide bonds. The Balaban J connectivity index is 2.38. The van der Waals surface area contributed by atoms with Crippen LogP contribution in [0.3, 0.4) is 0 Å². The molecule has 1 aromatic rings. The van der Waals surface area contributed by atoms with E-state index in [0.29, 0.717) is 18.8 Å². The molecule has 0 spiro atoms. The van der Waals surface area contributed by atoms with Crippen LogP contribution in [0, 0.1) is 6.92 Å². The van der Waals surface area contributed by atoms with E-state index in [-0.39, 0.29) is 5.92 Å². The molecule has 86 valence electrons. The zero-order chi connectivity index (χ0) is 11.7. The van der Waals surface area contributed by atoms with Crippen molar-refractivity contribution in [3.05, 3.63) is 29.3 Å². The minimum Gasteiger partial charge on any atom is -0.493 e. The fourth-order valence-corrected chi connectivity index (χ4v) is 2.04. The van der Waals surface area contributed by atoms with Crippen LogP contribution in [0.4, 0.5) is 0 Å². The number of aliphatic carboxylic acids is 1. The van der Waals surface area contributed by atoms with E-state index in [4.69, 9.17) is 9.84 Å². The number of fused-ring (bicyclic) bond motifs is 1. The summed E-state index contributed by atoms with van der Waals surface area (Å²) in [6.45, 7) is 2.38. The maximum atomic E-state index is 10.8. The van der Waals surface area contributed by atoms with Gasteiger partial charge in [0.05, 0.1) is 6.61 Å². The highest BCUT2D eigenvalue weighted by molar-refractivity contribution is 5.73. The fourth-order valence-electron chi connectivity index (χ4n) is 2.04. The SMILES string of the molecule is Cc1ccc2c(c1)C(C(O)C(=O)O)CCO2. The normalized spacial score (nSPS) is 20.8.